The summed E-state index contributed by atoms with van der Waals surface area (Å²) in [5, 5.41) is 5.06. The van der Waals surface area contributed by atoms with Crippen molar-refractivity contribution in [1.29, 1.82) is 0 Å². The summed E-state index contributed by atoms with van der Waals surface area (Å²) < 4.78 is 7.42. The topological polar surface area (TPSA) is 39.9 Å². The highest BCUT2D eigenvalue weighted by molar-refractivity contribution is 9.09. The van der Waals surface area contributed by atoms with E-state index in [0.29, 0.717) is 0 Å². The second-order valence-corrected chi connectivity index (χ2v) is 4.83. The largest absolute Gasteiger partial charge is 0.381 e. The third-order valence-corrected chi connectivity index (χ3v) is 4.22. The van der Waals surface area contributed by atoms with Crippen LogP contribution in [0.25, 0.3) is 0 Å². The fraction of sp³-hybridized carbons (Fsp3) is 0.800. The van der Waals surface area contributed by atoms with Crippen LogP contribution in [-0.4, -0.2) is 33.3 Å². The van der Waals surface area contributed by atoms with Gasteiger partial charge >= 0.3 is 0 Å². The first-order valence-corrected chi connectivity index (χ1v) is 6.34. The summed E-state index contributed by atoms with van der Waals surface area (Å²) in [6.45, 7) is 1.72. The quantitative estimate of drug-likeness (QED) is 0.785. The van der Waals surface area contributed by atoms with E-state index < -0.39 is 0 Å². The van der Waals surface area contributed by atoms with Gasteiger partial charge in [-0.2, -0.15) is 5.10 Å². The molecule has 1 saturated heterocycles. The van der Waals surface area contributed by atoms with Crippen molar-refractivity contribution in [3.8, 4) is 0 Å². The lowest BCUT2D eigenvalue weighted by Gasteiger charge is -2.35. The van der Waals surface area contributed by atoms with Crippen molar-refractivity contribution in [2.45, 2.75) is 19.3 Å². The molecule has 0 bridgehead atoms. The van der Waals surface area contributed by atoms with Gasteiger partial charge in [-0.3, -0.25) is 4.68 Å². The molecule has 2 rings (SSSR count). The Hall–Kier alpha value is -0.420. The third-order valence-electron chi connectivity index (χ3n) is 3.03. The molecule has 0 saturated carbocycles. The van der Waals surface area contributed by atoms with Crippen molar-refractivity contribution in [3.63, 3.8) is 0 Å². The SMILES string of the molecule is Cn1ncnc1CC1(CBr)CCCOC1. The maximum absolute atomic E-state index is 5.58. The predicted octanol–water partition coefficient (Wildman–Crippen LogP) is 1.55. The van der Waals surface area contributed by atoms with E-state index in [2.05, 4.69) is 26.0 Å². The van der Waals surface area contributed by atoms with Gasteiger partial charge in [-0.25, -0.2) is 4.98 Å². The normalized spacial score (nSPS) is 26.8. The molecule has 1 fully saturated rings. The van der Waals surface area contributed by atoms with Crippen LogP contribution < -0.4 is 0 Å². The van der Waals surface area contributed by atoms with Crippen LogP contribution in [0.15, 0.2) is 6.33 Å². The Labute approximate surface area is 98.2 Å². The molecule has 2 heterocycles. The van der Waals surface area contributed by atoms with Crippen molar-refractivity contribution in [3.05, 3.63) is 12.2 Å². The minimum atomic E-state index is 0.207. The van der Waals surface area contributed by atoms with Crippen molar-refractivity contribution in [2.24, 2.45) is 12.5 Å². The number of hydrogen-bond donors (Lipinski definition) is 0. The van der Waals surface area contributed by atoms with Gasteiger partial charge in [0, 0.05) is 30.8 Å². The first kappa shape index (κ1) is 11.1. The lowest BCUT2D eigenvalue weighted by Crippen LogP contribution is -2.36. The molecule has 1 aliphatic rings. The summed E-state index contributed by atoms with van der Waals surface area (Å²) in [7, 11) is 1.94. The van der Waals surface area contributed by atoms with Crippen molar-refractivity contribution in [1.82, 2.24) is 14.8 Å². The molecule has 0 N–H and O–H groups in total. The summed E-state index contributed by atoms with van der Waals surface area (Å²) in [6, 6.07) is 0. The van der Waals surface area contributed by atoms with E-state index in [4.69, 9.17) is 4.74 Å². The molecule has 84 valence electrons. The van der Waals surface area contributed by atoms with Gasteiger partial charge in [0.1, 0.15) is 12.2 Å². The van der Waals surface area contributed by atoms with Crippen molar-refractivity contribution in [2.75, 3.05) is 18.5 Å². The molecule has 0 aliphatic carbocycles. The van der Waals surface area contributed by atoms with Gasteiger partial charge in [-0.1, -0.05) is 15.9 Å². The molecule has 1 atom stereocenters. The minimum absolute atomic E-state index is 0.207. The van der Waals surface area contributed by atoms with Crippen LogP contribution in [0, 0.1) is 5.41 Å². The standard InChI is InChI=1S/C10H16BrN3O/c1-14-9(12-8-13-14)5-10(6-11)3-2-4-15-7-10/h8H,2-7H2,1H3. The van der Waals surface area contributed by atoms with Crippen molar-refractivity contribution >= 4 is 15.9 Å². The number of aryl methyl sites for hydroxylation is 1. The smallest absolute Gasteiger partial charge is 0.138 e. The molecule has 0 radical (unpaired) electrons. The number of aromatic nitrogens is 3. The van der Waals surface area contributed by atoms with Crippen LogP contribution >= 0.6 is 15.9 Å². The first-order valence-electron chi connectivity index (χ1n) is 5.22. The van der Waals surface area contributed by atoms with Crippen LogP contribution in [0.5, 0.6) is 0 Å². The van der Waals surface area contributed by atoms with E-state index in [1.165, 1.54) is 6.42 Å². The van der Waals surface area contributed by atoms with Gasteiger partial charge < -0.3 is 4.74 Å². The average Bonchev–Trinajstić information content (AvgIpc) is 2.66. The highest BCUT2D eigenvalue weighted by Crippen LogP contribution is 2.33. The number of nitrogens with zero attached hydrogens (tertiary/aromatic N) is 3. The summed E-state index contributed by atoms with van der Waals surface area (Å²) in [4.78, 5) is 4.28. The van der Waals surface area contributed by atoms with Gasteiger partial charge in [0.15, 0.2) is 0 Å². The summed E-state index contributed by atoms with van der Waals surface area (Å²) >= 11 is 3.60. The highest BCUT2D eigenvalue weighted by Gasteiger charge is 2.33. The number of hydrogen-bond acceptors (Lipinski definition) is 3. The van der Waals surface area contributed by atoms with Crippen molar-refractivity contribution < 1.29 is 4.74 Å². The van der Waals surface area contributed by atoms with Gasteiger partial charge in [0.25, 0.3) is 0 Å². The van der Waals surface area contributed by atoms with Gasteiger partial charge in [-0.05, 0) is 12.8 Å². The highest BCUT2D eigenvalue weighted by atomic mass is 79.9. The zero-order valence-corrected chi connectivity index (χ0v) is 10.5. The maximum atomic E-state index is 5.58. The molecule has 1 aromatic heterocycles. The molecule has 0 spiro atoms. The maximum Gasteiger partial charge on any atom is 0.138 e. The van der Waals surface area contributed by atoms with Gasteiger partial charge in [0.2, 0.25) is 0 Å². The Kier molecular flexibility index (Phi) is 3.41. The lowest BCUT2D eigenvalue weighted by molar-refractivity contribution is 0.00478. The Bertz CT molecular complexity index is 320. The van der Waals surface area contributed by atoms with Crippen LogP contribution in [0.4, 0.5) is 0 Å². The molecule has 1 aromatic rings. The Morgan fingerprint density at radius 1 is 1.67 bits per heavy atom. The molecule has 1 unspecified atom stereocenters. The van der Waals surface area contributed by atoms with Crippen LogP contribution in [0.3, 0.4) is 0 Å². The van der Waals surface area contributed by atoms with E-state index in [1.54, 1.807) is 6.33 Å². The predicted molar refractivity (Wildman–Crippen MR) is 61.0 cm³/mol. The summed E-state index contributed by atoms with van der Waals surface area (Å²) in [5.41, 5.74) is 0.207. The zero-order chi connectivity index (χ0) is 10.7. The molecule has 5 heteroatoms. The number of ether oxygens (including phenoxy) is 1. The molecular weight excluding hydrogens is 258 g/mol. The molecular formula is C10H16BrN3O. The average molecular weight is 274 g/mol. The van der Waals surface area contributed by atoms with E-state index >= 15 is 0 Å². The second-order valence-electron chi connectivity index (χ2n) is 4.27. The van der Waals surface area contributed by atoms with E-state index in [9.17, 15) is 0 Å². The Morgan fingerprint density at radius 2 is 2.53 bits per heavy atom. The fourth-order valence-electron chi connectivity index (χ4n) is 2.02. The molecule has 4 nitrogen and oxygen atoms in total. The van der Waals surface area contributed by atoms with Gasteiger partial charge in [0.05, 0.1) is 6.61 Å². The first-order chi connectivity index (χ1) is 7.26. The molecule has 0 aromatic carbocycles. The fourth-order valence-corrected chi connectivity index (χ4v) is 2.66. The lowest BCUT2D eigenvalue weighted by atomic mass is 9.81. The van der Waals surface area contributed by atoms with Gasteiger partial charge in [-0.15, -0.1) is 0 Å². The minimum Gasteiger partial charge on any atom is -0.381 e. The summed E-state index contributed by atoms with van der Waals surface area (Å²) in [6.07, 6.45) is 4.89. The number of rotatable bonds is 3. The van der Waals surface area contributed by atoms with Crippen LogP contribution in [0.1, 0.15) is 18.7 Å². The Balaban J connectivity index is 2.10. The molecule has 15 heavy (non-hydrogen) atoms. The van der Waals surface area contributed by atoms with E-state index in [-0.39, 0.29) is 5.41 Å². The third kappa shape index (κ3) is 2.39. The summed E-state index contributed by atoms with van der Waals surface area (Å²) in [5.74, 6) is 1.04. The number of halogens is 1. The second kappa shape index (κ2) is 4.61. The van der Waals surface area contributed by atoms with Crippen LogP contribution in [0.2, 0.25) is 0 Å². The zero-order valence-electron chi connectivity index (χ0n) is 8.95. The van der Waals surface area contributed by atoms with E-state index in [0.717, 1.165) is 37.2 Å². The Morgan fingerprint density at radius 3 is 3.07 bits per heavy atom. The van der Waals surface area contributed by atoms with Crippen LogP contribution in [-0.2, 0) is 18.2 Å². The molecule has 0 amide bonds. The number of alkyl halides is 1. The monoisotopic (exact) mass is 273 g/mol. The molecule has 1 aliphatic heterocycles. The van der Waals surface area contributed by atoms with E-state index in [1.807, 2.05) is 11.7 Å².